The van der Waals surface area contributed by atoms with Gasteiger partial charge in [-0.2, -0.15) is 0 Å². The summed E-state index contributed by atoms with van der Waals surface area (Å²) in [4.78, 5) is 12.0. The van der Waals surface area contributed by atoms with Crippen molar-refractivity contribution in [3.05, 3.63) is 11.6 Å². The Hall–Kier alpha value is -0.630. The molecule has 5 unspecified atom stereocenters. The highest BCUT2D eigenvalue weighted by Gasteiger charge is 2.60. The van der Waals surface area contributed by atoms with Gasteiger partial charge in [-0.1, -0.05) is 19.4 Å². The number of carbonyl (C=O) groups excluding carboxylic acids is 1. The van der Waals surface area contributed by atoms with Crippen molar-refractivity contribution in [3.8, 4) is 0 Å². The summed E-state index contributed by atoms with van der Waals surface area (Å²) in [5, 5.41) is 10.5. The molecule has 122 valence electrons. The lowest BCUT2D eigenvalue weighted by molar-refractivity contribution is -0.125. The average Bonchev–Trinajstić information content (AvgIpc) is 2.77. The van der Waals surface area contributed by atoms with E-state index in [9.17, 15) is 9.90 Å². The van der Waals surface area contributed by atoms with Crippen LogP contribution in [0.4, 0.5) is 0 Å². The summed E-state index contributed by atoms with van der Waals surface area (Å²) in [6.07, 6.45) is 9.71. The lowest BCUT2D eigenvalue weighted by Gasteiger charge is -2.60. The minimum atomic E-state index is -0.0893. The molecule has 4 aliphatic rings. The maximum atomic E-state index is 12.0. The van der Waals surface area contributed by atoms with Crippen LogP contribution in [0.25, 0.3) is 0 Å². The molecule has 0 aromatic carbocycles. The van der Waals surface area contributed by atoms with Crippen LogP contribution in [0.5, 0.6) is 0 Å². The van der Waals surface area contributed by atoms with Crippen LogP contribution in [0.3, 0.4) is 0 Å². The molecule has 1 N–H and O–H groups in total. The second kappa shape index (κ2) is 4.69. The Kier molecular flexibility index (Phi) is 3.18. The van der Waals surface area contributed by atoms with E-state index < -0.39 is 0 Å². The van der Waals surface area contributed by atoms with E-state index in [1.165, 1.54) is 37.7 Å². The van der Waals surface area contributed by atoms with Gasteiger partial charge in [-0.25, -0.2) is 0 Å². The Labute approximate surface area is 134 Å². The van der Waals surface area contributed by atoms with Gasteiger partial charge < -0.3 is 5.11 Å². The predicted octanol–water partition coefficient (Wildman–Crippen LogP) is 4.13. The molecular weight excluding hydrogens is 272 g/mol. The van der Waals surface area contributed by atoms with Gasteiger partial charge in [0.25, 0.3) is 0 Å². The number of carbonyl (C=O) groups is 1. The largest absolute Gasteiger partial charge is 0.393 e. The quantitative estimate of drug-likeness (QED) is 0.730. The van der Waals surface area contributed by atoms with Crippen LogP contribution in [-0.4, -0.2) is 17.0 Å². The fourth-order valence-electron chi connectivity index (χ4n) is 7.03. The Bertz CT molecular complexity index is 536. The number of fused-ring (bicyclic) bond motifs is 5. The fraction of sp³-hybridized carbons (Fsp3) is 0.850. The van der Waals surface area contributed by atoms with Gasteiger partial charge >= 0.3 is 0 Å². The molecule has 0 aromatic heterocycles. The molecule has 0 aliphatic heterocycles. The number of hydrogen-bond donors (Lipinski definition) is 1. The molecule has 3 saturated carbocycles. The smallest absolute Gasteiger partial charge is 0.155 e. The monoisotopic (exact) mass is 302 g/mol. The van der Waals surface area contributed by atoms with Crippen molar-refractivity contribution < 1.29 is 9.90 Å². The molecule has 2 heteroatoms. The second-order valence-electron chi connectivity index (χ2n) is 9.07. The minimum absolute atomic E-state index is 0.0893. The maximum Gasteiger partial charge on any atom is 0.155 e. The molecule has 0 saturated heterocycles. The third kappa shape index (κ3) is 1.74. The lowest BCUT2D eigenvalue weighted by atomic mass is 9.45. The van der Waals surface area contributed by atoms with E-state index in [1.807, 2.05) is 6.08 Å². The van der Waals surface area contributed by atoms with Gasteiger partial charge in [0, 0.05) is 6.42 Å². The van der Waals surface area contributed by atoms with Crippen molar-refractivity contribution in [2.75, 3.05) is 0 Å². The van der Waals surface area contributed by atoms with Gasteiger partial charge in [0.05, 0.1) is 6.10 Å². The highest BCUT2D eigenvalue weighted by Crippen LogP contribution is 2.66. The van der Waals surface area contributed by atoms with Crippen molar-refractivity contribution >= 4 is 5.78 Å². The Morgan fingerprint density at radius 1 is 1.09 bits per heavy atom. The van der Waals surface area contributed by atoms with Crippen LogP contribution >= 0.6 is 0 Å². The van der Waals surface area contributed by atoms with Crippen molar-refractivity contribution in [2.45, 2.75) is 71.8 Å². The van der Waals surface area contributed by atoms with Gasteiger partial charge in [0.2, 0.25) is 0 Å². The van der Waals surface area contributed by atoms with Gasteiger partial charge in [0.1, 0.15) is 0 Å². The Morgan fingerprint density at radius 3 is 2.64 bits per heavy atom. The predicted molar refractivity (Wildman–Crippen MR) is 87.3 cm³/mol. The van der Waals surface area contributed by atoms with Crippen LogP contribution in [0, 0.1) is 34.5 Å². The van der Waals surface area contributed by atoms with Gasteiger partial charge in [-0.05, 0) is 86.0 Å². The van der Waals surface area contributed by atoms with Crippen molar-refractivity contribution in [1.82, 2.24) is 0 Å². The first-order chi connectivity index (χ1) is 10.4. The highest BCUT2D eigenvalue weighted by atomic mass is 16.3. The number of ketones is 1. The van der Waals surface area contributed by atoms with Crippen LogP contribution < -0.4 is 0 Å². The van der Waals surface area contributed by atoms with E-state index in [0.29, 0.717) is 17.6 Å². The zero-order chi connectivity index (χ0) is 15.7. The number of aliphatic hydroxyl groups is 1. The fourth-order valence-corrected chi connectivity index (χ4v) is 7.03. The molecule has 22 heavy (non-hydrogen) atoms. The number of hydrogen-bond acceptors (Lipinski definition) is 2. The summed E-state index contributed by atoms with van der Waals surface area (Å²) in [5.41, 5.74) is 1.73. The van der Waals surface area contributed by atoms with Crippen molar-refractivity contribution in [1.29, 1.82) is 0 Å². The zero-order valence-electron chi connectivity index (χ0n) is 14.3. The summed E-state index contributed by atoms with van der Waals surface area (Å²) in [5.74, 6) is 3.08. The molecule has 2 nitrogen and oxygen atoms in total. The Balaban J connectivity index is 1.72. The number of aliphatic hydroxyl groups excluding tert-OH is 1. The summed E-state index contributed by atoms with van der Waals surface area (Å²) in [6, 6.07) is 0. The van der Waals surface area contributed by atoms with Gasteiger partial charge in [0.15, 0.2) is 5.78 Å². The van der Waals surface area contributed by atoms with E-state index in [1.54, 1.807) is 0 Å². The van der Waals surface area contributed by atoms with Crippen LogP contribution in [-0.2, 0) is 4.79 Å². The molecule has 0 aromatic rings. The molecule has 7 atom stereocenters. The highest BCUT2D eigenvalue weighted by molar-refractivity contribution is 5.91. The normalized spacial score (nSPS) is 54.3. The third-order valence-electron chi connectivity index (χ3n) is 8.53. The summed E-state index contributed by atoms with van der Waals surface area (Å²) < 4.78 is 0. The van der Waals surface area contributed by atoms with Gasteiger partial charge in [-0.3, -0.25) is 4.79 Å². The van der Waals surface area contributed by atoms with Crippen molar-refractivity contribution in [2.24, 2.45) is 34.5 Å². The molecule has 4 rings (SSSR count). The molecule has 0 amide bonds. The van der Waals surface area contributed by atoms with E-state index in [2.05, 4.69) is 20.8 Å². The van der Waals surface area contributed by atoms with Crippen LogP contribution in [0.15, 0.2) is 11.6 Å². The first-order valence-electron chi connectivity index (χ1n) is 9.27. The SMILES string of the molecule is CC1=CC(=O)CC2CCC3C4CCC(O)[C@@]4(C)CCC3[C@@]12C. The summed E-state index contributed by atoms with van der Waals surface area (Å²) in [7, 11) is 0. The molecule has 0 radical (unpaired) electrons. The summed E-state index contributed by atoms with van der Waals surface area (Å²) >= 11 is 0. The maximum absolute atomic E-state index is 12.0. The topological polar surface area (TPSA) is 37.3 Å². The van der Waals surface area contributed by atoms with E-state index in [-0.39, 0.29) is 16.9 Å². The van der Waals surface area contributed by atoms with E-state index in [4.69, 9.17) is 0 Å². The first kappa shape index (κ1) is 14.9. The molecular formula is C20H30O2. The van der Waals surface area contributed by atoms with E-state index >= 15 is 0 Å². The second-order valence-corrected chi connectivity index (χ2v) is 9.07. The average molecular weight is 302 g/mol. The molecule has 0 heterocycles. The standard InChI is InChI=1S/C20H30O2/c1-12-10-14(21)11-13-4-5-15-16-6-7-18(22)19(16,2)9-8-17(15)20(12,13)3/h10,13,15-18,22H,4-9,11H2,1-3H3/t13?,15?,16?,17?,18?,19-,20-/m0/s1. The Morgan fingerprint density at radius 2 is 1.86 bits per heavy atom. The number of rotatable bonds is 0. The third-order valence-corrected chi connectivity index (χ3v) is 8.53. The molecule has 0 spiro atoms. The van der Waals surface area contributed by atoms with Gasteiger partial charge in [-0.15, -0.1) is 0 Å². The summed E-state index contributed by atoms with van der Waals surface area (Å²) in [6.45, 7) is 6.98. The van der Waals surface area contributed by atoms with Crippen LogP contribution in [0.2, 0.25) is 0 Å². The molecule has 4 aliphatic carbocycles. The minimum Gasteiger partial charge on any atom is -0.393 e. The molecule has 0 bridgehead atoms. The lowest BCUT2D eigenvalue weighted by Crippen LogP contribution is -2.54. The number of allylic oxidation sites excluding steroid dienone is 2. The van der Waals surface area contributed by atoms with Crippen LogP contribution in [0.1, 0.15) is 65.7 Å². The van der Waals surface area contributed by atoms with E-state index in [0.717, 1.165) is 24.7 Å². The first-order valence-corrected chi connectivity index (χ1v) is 9.27. The zero-order valence-corrected chi connectivity index (χ0v) is 14.3. The van der Waals surface area contributed by atoms with Crippen molar-refractivity contribution in [3.63, 3.8) is 0 Å². The molecule has 3 fully saturated rings.